The van der Waals surface area contributed by atoms with Crippen molar-refractivity contribution in [3.05, 3.63) is 40.0 Å². The van der Waals surface area contributed by atoms with Crippen molar-refractivity contribution in [3.63, 3.8) is 0 Å². The van der Waals surface area contributed by atoms with Gasteiger partial charge in [0.25, 0.3) is 0 Å². The van der Waals surface area contributed by atoms with Gasteiger partial charge in [0.05, 0.1) is 34.5 Å². The van der Waals surface area contributed by atoms with Gasteiger partial charge in [-0.15, -0.1) is 11.3 Å². The zero-order valence-corrected chi connectivity index (χ0v) is 19.3. The molecular weight excluding hydrogens is 424 g/mol. The van der Waals surface area contributed by atoms with E-state index < -0.39 is 23.7 Å². The lowest BCUT2D eigenvalue weighted by atomic mass is 9.95. The Morgan fingerprint density at radius 3 is 2.75 bits per heavy atom. The maximum Gasteiger partial charge on any atom is 0.163 e. The Morgan fingerprint density at radius 1 is 1.34 bits per heavy atom. The van der Waals surface area contributed by atoms with E-state index in [1.54, 1.807) is 17.7 Å². The smallest absolute Gasteiger partial charge is 0.163 e. The van der Waals surface area contributed by atoms with Crippen LogP contribution < -0.4 is 5.32 Å². The first-order chi connectivity index (χ1) is 15.2. The summed E-state index contributed by atoms with van der Waals surface area (Å²) in [5.74, 6) is 6.13. The number of nitrogens with zero attached hydrogens (tertiary/aromatic N) is 3. The highest BCUT2D eigenvalue weighted by molar-refractivity contribution is 7.12. The van der Waals surface area contributed by atoms with Gasteiger partial charge < -0.3 is 20.1 Å². The highest BCUT2D eigenvalue weighted by Crippen LogP contribution is 2.68. The van der Waals surface area contributed by atoms with Gasteiger partial charge in [-0.2, -0.15) is 0 Å². The molecule has 8 heteroatoms. The molecule has 0 spiro atoms. The van der Waals surface area contributed by atoms with Crippen LogP contribution in [-0.2, 0) is 4.79 Å². The number of nitrogens with one attached hydrogen (secondary N) is 1. The number of hydrogen-bond acceptors (Lipinski definition) is 7. The van der Waals surface area contributed by atoms with Gasteiger partial charge in [-0.1, -0.05) is 0 Å². The number of ketones is 1. The first kappa shape index (κ1) is 21.1. The predicted octanol–water partition coefficient (Wildman–Crippen LogP) is 2.89. The van der Waals surface area contributed by atoms with Gasteiger partial charge in [-0.3, -0.25) is 4.79 Å². The molecule has 0 saturated heterocycles. The van der Waals surface area contributed by atoms with Crippen LogP contribution in [0, 0.1) is 30.1 Å². The molecule has 32 heavy (non-hydrogen) atoms. The van der Waals surface area contributed by atoms with Crippen molar-refractivity contribution in [1.29, 1.82) is 0 Å². The van der Waals surface area contributed by atoms with Crippen LogP contribution in [0.25, 0.3) is 11.2 Å². The summed E-state index contributed by atoms with van der Waals surface area (Å²) < 4.78 is 1.82. The number of carbonyl (C=O) groups is 1. The Morgan fingerprint density at radius 2 is 2.12 bits per heavy atom. The zero-order valence-electron chi connectivity index (χ0n) is 18.5. The van der Waals surface area contributed by atoms with Crippen LogP contribution in [0.15, 0.2) is 24.5 Å². The fourth-order valence-electron chi connectivity index (χ4n) is 5.11. The molecule has 3 N–H and O–H groups in total. The minimum absolute atomic E-state index is 0.0751. The molecule has 2 saturated carbocycles. The fraction of sp³-hybridized carbons (Fsp3) is 0.458. The van der Waals surface area contributed by atoms with Crippen LogP contribution >= 0.6 is 11.3 Å². The highest BCUT2D eigenvalue weighted by atomic mass is 32.1. The van der Waals surface area contributed by atoms with Gasteiger partial charge in [0.1, 0.15) is 23.1 Å². The number of hydrogen-bond donors (Lipinski definition) is 3. The van der Waals surface area contributed by atoms with Crippen molar-refractivity contribution in [2.75, 3.05) is 5.32 Å². The molecule has 3 aromatic rings. The number of rotatable bonds is 4. The van der Waals surface area contributed by atoms with Crippen LogP contribution in [0.5, 0.6) is 0 Å². The van der Waals surface area contributed by atoms with E-state index in [0.29, 0.717) is 23.3 Å². The number of thiophene rings is 1. The summed E-state index contributed by atoms with van der Waals surface area (Å²) in [6, 6.07) is 5.65. The second-order valence-corrected chi connectivity index (χ2v) is 10.5. The summed E-state index contributed by atoms with van der Waals surface area (Å²) in [5, 5.41) is 24.9. The van der Waals surface area contributed by atoms with Crippen LogP contribution in [0.1, 0.15) is 48.7 Å². The number of Topliss-reactive ketones (excluding diaryl/α,β-unsaturated/α-hetero) is 1. The minimum atomic E-state index is -1.08. The number of aliphatic hydroxyl groups is 2. The Kier molecular flexibility index (Phi) is 4.89. The second-order valence-electron chi connectivity index (χ2n) is 9.17. The van der Waals surface area contributed by atoms with E-state index in [1.807, 2.05) is 43.5 Å². The third-order valence-corrected chi connectivity index (χ3v) is 7.59. The van der Waals surface area contributed by atoms with E-state index in [0.717, 1.165) is 10.6 Å². The Hall–Kier alpha value is -2.73. The molecule has 2 aliphatic carbocycles. The molecule has 0 aliphatic heterocycles. The molecule has 0 amide bonds. The van der Waals surface area contributed by atoms with E-state index in [1.165, 1.54) is 11.8 Å². The largest absolute Gasteiger partial charge is 0.389 e. The predicted molar refractivity (Wildman–Crippen MR) is 124 cm³/mol. The van der Waals surface area contributed by atoms with Gasteiger partial charge in [0, 0.05) is 10.9 Å². The molecular formula is C24H26N4O3S. The van der Waals surface area contributed by atoms with E-state index in [-0.39, 0.29) is 17.7 Å². The lowest BCUT2D eigenvalue weighted by Crippen LogP contribution is -2.36. The number of aromatic nitrogens is 3. The van der Waals surface area contributed by atoms with Crippen molar-refractivity contribution in [1.82, 2.24) is 14.5 Å². The minimum Gasteiger partial charge on any atom is -0.389 e. The number of imidazole rings is 1. The van der Waals surface area contributed by atoms with E-state index in [2.05, 4.69) is 22.1 Å². The summed E-state index contributed by atoms with van der Waals surface area (Å²) in [7, 11) is 0. The summed E-state index contributed by atoms with van der Waals surface area (Å²) in [4.78, 5) is 23.8. The summed E-state index contributed by atoms with van der Waals surface area (Å²) in [6.45, 7) is 7.63. The summed E-state index contributed by atoms with van der Waals surface area (Å²) in [5.41, 5.74) is 1.82. The van der Waals surface area contributed by atoms with Gasteiger partial charge in [-0.25, -0.2) is 9.97 Å². The quantitative estimate of drug-likeness (QED) is 0.529. The topological polar surface area (TPSA) is 100 Å². The molecule has 166 valence electrons. The number of anilines is 1. The molecule has 0 aromatic carbocycles. The highest BCUT2D eigenvalue weighted by Gasteiger charge is 2.74. The van der Waals surface area contributed by atoms with Crippen molar-refractivity contribution in [2.24, 2.45) is 11.3 Å². The zero-order chi connectivity index (χ0) is 22.8. The van der Waals surface area contributed by atoms with E-state index in [9.17, 15) is 15.0 Å². The van der Waals surface area contributed by atoms with Crippen molar-refractivity contribution in [2.45, 2.75) is 58.4 Å². The Balaban J connectivity index is 1.61. The molecule has 5 atom stereocenters. The van der Waals surface area contributed by atoms with Gasteiger partial charge in [-0.05, 0) is 70.1 Å². The summed E-state index contributed by atoms with van der Waals surface area (Å²) >= 11 is 1.63. The molecule has 0 bridgehead atoms. The van der Waals surface area contributed by atoms with Gasteiger partial charge >= 0.3 is 0 Å². The lowest BCUT2D eigenvalue weighted by Gasteiger charge is -2.23. The Bertz CT molecular complexity index is 1280. The Labute approximate surface area is 190 Å². The van der Waals surface area contributed by atoms with E-state index in [4.69, 9.17) is 4.98 Å². The monoisotopic (exact) mass is 450 g/mol. The van der Waals surface area contributed by atoms with Crippen molar-refractivity contribution in [3.8, 4) is 11.8 Å². The fourth-order valence-corrected chi connectivity index (χ4v) is 5.83. The van der Waals surface area contributed by atoms with Crippen LogP contribution in [-0.4, -0.2) is 48.8 Å². The SMILES string of the molecule is CC(=O)[C@@]12CC1[C@@H](n1cnc3c(NC(C)C)cc(C#Cc4ccc(C)s4)nc31)[C@H](O)C2O. The second kappa shape index (κ2) is 7.41. The van der Waals surface area contributed by atoms with Crippen LogP contribution in [0.4, 0.5) is 5.69 Å². The number of aliphatic hydroxyl groups excluding tert-OH is 2. The van der Waals surface area contributed by atoms with Gasteiger partial charge in [0.2, 0.25) is 0 Å². The third-order valence-electron chi connectivity index (χ3n) is 6.68. The molecule has 3 heterocycles. The maximum absolute atomic E-state index is 12.3. The average molecular weight is 451 g/mol. The first-order valence-electron chi connectivity index (χ1n) is 10.8. The normalized spacial score (nSPS) is 28.5. The molecule has 2 aliphatic rings. The standard InChI is InChI=1S/C24H26N4O3S/c1-12(2)26-18-9-15(6-8-16-7-5-13(3)32-16)27-23-19(18)25-11-28(23)20-17-10-24(17,14(4)29)22(31)21(20)30/h5,7,9,11-12,17,20-22,30-31H,10H2,1-4H3,(H,26,27)/t17?,20-,21+,22?,24+/m1/s1. The molecule has 0 radical (unpaired) electrons. The molecule has 7 nitrogen and oxygen atoms in total. The number of carbonyl (C=O) groups excluding carboxylic acids is 1. The number of fused-ring (bicyclic) bond motifs is 2. The maximum atomic E-state index is 12.3. The lowest BCUT2D eigenvalue weighted by molar-refractivity contribution is -0.128. The molecule has 5 rings (SSSR count). The molecule has 3 aromatic heterocycles. The van der Waals surface area contributed by atoms with Gasteiger partial charge in [0.15, 0.2) is 5.65 Å². The van der Waals surface area contributed by atoms with Crippen molar-refractivity contribution >= 4 is 34.0 Å². The average Bonchev–Trinajstić information content (AvgIpc) is 2.98. The summed E-state index contributed by atoms with van der Waals surface area (Å²) in [6.07, 6.45) is 0.0881. The molecule has 2 fully saturated rings. The number of aryl methyl sites for hydroxylation is 1. The van der Waals surface area contributed by atoms with Crippen LogP contribution in [0.2, 0.25) is 0 Å². The number of pyridine rings is 1. The van der Waals surface area contributed by atoms with Crippen LogP contribution in [0.3, 0.4) is 0 Å². The molecule has 2 unspecified atom stereocenters. The van der Waals surface area contributed by atoms with Crippen molar-refractivity contribution < 1.29 is 15.0 Å². The first-order valence-corrected chi connectivity index (χ1v) is 11.6. The third kappa shape index (κ3) is 3.15. The van der Waals surface area contributed by atoms with E-state index >= 15 is 0 Å².